The molecule has 3 N–H and O–H groups in total. The van der Waals surface area contributed by atoms with Gasteiger partial charge in [0.05, 0.1) is 12.7 Å². The van der Waals surface area contributed by atoms with Gasteiger partial charge in [-0.15, -0.1) is 0 Å². The van der Waals surface area contributed by atoms with Crippen LogP contribution in [0.1, 0.15) is 37.9 Å². The average Bonchev–Trinajstić information content (AvgIpc) is 3.17. The Morgan fingerprint density at radius 3 is 2.91 bits per heavy atom. The van der Waals surface area contributed by atoms with E-state index in [-0.39, 0.29) is 0 Å². The smallest absolute Gasteiger partial charge is 0.191 e. The summed E-state index contributed by atoms with van der Waals surface area (Å²) in [5.74, 6) is 1.58. The molecule has 0 radical (unpaired) electrons. The van der Waals surface area contributed by atoms with E-state index in [1.807, 2.05) is 13.1 Å². The molecule has 1 aliphatic heterocycles. The molecule has 0 spiro atoms. The van der Waals surface area contributed by atoms with Crippen molar-refractivity contribution in [3.63, 3.8) is 0 Å². The number of guanidine groups is 1. The summed E-state index contributed by atoms with van der Waals surface area (Å²) < 4.78 is 0. The van der Waals surface area contributed by atoms with Crippen LogP contribution in [0.4, 0.5) is 0 Å². The van der Waals surface area contributed by atoms with E-state index in [1.165, 1.54) is 19.4 Å². The lowest BCUT2D eigenvalue weighted by Gasteiger charge is -2.20. The average molecular weight is 304 g/mol. The van der Waals surface area contributed by atoms with Crippen LogP contribution in [0.25, 0.3) is 0 Å². The standard InChI is InChI=1S/C16H28N6/c1-4-17-16(18-7-13-8-19-21-12(13)3)20-15-10-22(9-11(15)2)14-5-6-14/h8,11,14-15H,4-7,9-10H2,1-3H3,(H,19,21)(H2,17,18,20). The van der Waals surface area contributed by atoms with Gasteiger partial charge >= 0.3 is 0 Å². The normalized spacial score (nSPS) is 26.4. The fourth-order valence-electron chi connectivity index (χ4n) is 3.12. The summed E-state index contributed by atoms with van der Waals surface area (Å²) in [6, 6.07) is 1.34. The molecule has 1 aliphatic carbocycles. The molecule has 6 heteroatoms. The van der Waals surface area contributed by atoms with Gasteiger partial charge in [-0.05, 0) is 32.6 Å². The first-order chi connectivity index (χ1) is 10.7. The zero-order chi connectivity index (χ0) is 15.5. The fraction of sp³-hybridized carbons (Fsp3) is 0.750. The van der Waals surface area contributed by atoms with Gasteiger partial charge in [-0.25, -0.2) is 4.99 Å². The van der Waals surface area contributed by atoms with Crippen molar-refractivity contribution in [3.05, 3.63) is 17.5 Å². The minimum atomic E-state index is 0.490. The van der Waals surface area contributed by atoms with Crippen molar-refractivity contribution in [2.24, 2.45) is 10.9 Å². The van der Waals surface area contributed by atoms with Crippen LogP contribution in [0.3, 0.4) is 0 Å². The number of aryl methyl sites for hydroxylation is 1. The third-order valence-electron chi connectivity index (χ3n) is 4.71. The monoisotopic (exact) mass is 304 g/mol. The molecule has 0 aromatic carbocycles. The molecule has 6 nitrogen and oxygen atoms in total. The summed E-state index contributed by atoms with van der Waals surface area (Å²) >= 11 is 0. The van der Waals surface area contributed by atoms with E-state index < -0.39 is 0 Å². The van der Waals surface area contributed by atoms with Crippen molar-refractivity contribution in [3.8, 4) is 0 Å². The highest BCUT2D eigenvalue weighted by molar-refractivity contribution is 5.80. The molecular weight excluding hydrogens is 276 g/mol. The second-order valence-corrected chi connectivity index (χ2v) is 6.63. The molecular formula is C16H28N6. The van der Waals surface area contributed by atoms with Gasteiger partial charge in [-0.2, -0.15) is 5.10 Å². The Balaban J connectivity index is 1.59. The van der Waals surface area contributed by atoms with Crippen LogP contribution in [-0.2, 0) is 6.54 Å². The molecule has 1 aromatic rings. The van der Waals surface area contributed by atoms with Gasteiger partial charge < -0.3 is 10.6 Å². The molecule has 1 aromatic heterocycles. The highest BCUT2D eigenvalue weighted by Crippen LogP contribution is 2.31. The largest absolute Gasteiger partial charge is 0.357 e. The van der Waals surface area contributed by atoms with Crippen LogP contribution < -0.4 is 10.6 Å². The number of H-pyrrole nitrogens is 1. The first-order valence-corrected chi connectivity index (χ1v) is 8.45. The van der Waals surface area contributed by atoms with Crippen molar-refractivity contribution in [2.75, 3.05) is 19.6 Å². The van der Waals surface area contributed by atoms with E-state index in [9.17, 15) is 0 Å². The summed E-state index contributed by atoms with van der Waals surface area (Å²) in [4.78, 5) is 7.35. The number of aromatic nitrogens is 2. The van der Waals surface area contributed by atoms with Crippen LogP contribution >= 0.6 is 0 Å². The van der Waals surface area contributed by atoms with E-state index >= 15 is 0 Å². The third kappa shape index (κ3) is 3.61. The number of rotatable bonds is 5. The minimum absolute atomic E-state index is 0.490. The van der Waals surface area contributed by atoms with Crippen LogP contribution in [0.5, 0.6) is 0 Å². The molecule has 2 aliphatic rings. The van der Waals surface area contributed by atoms with Crippen molar-refractivity contribution in [1.29, 1.82) is 0 Å². The number of likely N-dealkylation sites (tertiary alicyclic amines) is 1. The lowest BCUT2D eigenvalue weighted by molar-refractivity contribution is 0.315. The molecule has 2 unspecified atom stereocenters. The number of nitrogens with zero attached hydrogens (tertiary/aromatic N) is 3. The van der Waals surface area contributed by atoms with Gasteiger partial charge in [0.1, 0.15) is 0 Å². The molecule has 22 heavy (non-hydrogen) atoms. The second-order valence-electron chi connectivity index (χ2n) is 6.63. The van der Waals surface area contributed by atoms with Gasteiger partial charge in [-0.3, -0.25) is 10.00 Å². The van der Waals surface area contributed by atoms with Gasteiger partial charge in [0, 0.05) is 43.0 Å². The Morgan fingerprint density at radius 2 is 2.27 bits per heavy atom. The van der Waals surface area contributed by atoms with Crippen molar-refractivity contribution >= 4 is 5.96 Å². The van der Waals surface area contributed by atoms with Crippen LogP contribution in [-0.4, -0.2) is 52.8 Å². The topological polar surface area (TPSA) is 68.3 Å². The lowest BCUT2D eigenvalue weighted by Crippen LogP contribution is -2.46. The fourth-order valence-corrected chi connectivity index (χ4v) is 3.12. The molecule has 3 rings (SSSR count). The first-order valence-electron chi connectivity index (χ1n) is 8.45. The van der Waals surface area contributed by atoms with Crippen molar-refractivity contribution < 1.29 is 0 Å². The Bertz CT molecular complexity index is 518. The van der Waals surface area contributed by atoms with Crippen molar-refractivity contribution in [1.82, 2.24) is 25.7 Å². The molecule has 122 valence electrons. The molecule has 1 saturated carbocycles. The molecule has 2 heterocycles. The summed E-state index contributed by atoms with van der Waals surface area (Å²) in [6.07, 6.45) is 4.62. The Morgan fingerprint density at radius 1 is 1.45 bits per heavy atom. The molecule has 0 bridgehead atoms. The highest BCUT2D eigenvalue weighted by atomic mass is 15.3. The van der Waals surface area contributed by atoms with Gasteiger partial charge in [0.2, 0.25) is 0 Å². The number of aromatic amines is 1. The molecule has 2 atom stereocenters. The molecule has 2 fully saturated rings. The maximum absolute atomic E-state index is 4.72. The number of aliphatic imine (C=N–C) groups is 1. The maximum Gasteiger partial charge on any atom is 0.191 e. The zero-order valence-electron chi connectivity index (χ0n) is 13.9. The highest BCUT2D eigenvalue weighted by Gasteiger charge is 2.38. The quantitative estimate of drug-likeness (QED) is 0.566. The van der Waals surface area contributed by atoms with Crippen molar-refractivity contribution in [2.45, 2.75) is 52.2 Å². The number of nitrogens with one attached hydrogen (secondary N) is 3. The molecule has 0 amide bonds. The number of hydrogen-bond acceptors (Lipinski definition) is 3. The summed E-state index contributed by atoms with van der Waals surface area (Å²) in [5.41, 5.74) is 2.24. The van der Waals surface area contributed by atoms with Crippen LogP contribution in [0.15, 0.2) is 11.2 Å². The first kappa shape index (κ1) is 15.3. The maximum atomic E-state index is 4.72. The predicted molar refractivity (Wildman–Crippen MR) is 88.8 cm³/mol. The predicted octanol–water partition coefficient (Wildman–Crippen LogP) is 1.26. The van der Waals surface area contributed by atoms with E-state index in [0.29, 0.717) is 18.5 Å². The van der Waals surface area contributed by atoms with Crippen LogP contribution in [0.2, 0.25) is 0 Å². The summed E-state index contributed by atoms with van der Waals surface area (Å²) in [5, 5.41) is 14.0. The minimum Gasteiger partial charge on any atom is -0.357 e. The summed E-state index contributed by atoms with van der Waals surface area (Å²) in [7, 11) is 0. The van der Waals surface area contributed by atoms with Gasteiger partial charge in [-0.1, -0.05) is 6.92 Å². The Hall–Kier alpha value is -1.56. The molecule has 1 saturated heterocycles. The summed E-state index contributed by atoms with van der Waals surface area (Å²) in [6.45, 7) is 10.4. The Kier molecular flexibility index (Phi) is 4.66. The SMILES string of the molecule is CCNC(=NCc1cn[nH]c1C)NC1CN(C2CC2)CC1C. The zero-order valence-corrected chi connectivity index (χ0v) is 13.9. The van der Waals surface area contributed by atoms with E-state index in [0.717, 1.165) is 36.3 Å². The van der Waals surface area contributed by atoms with Gasteiger partial charge in [0.15, 0.2) is 5.96 Å². The van der Waals surface area contributed by atoms with E-state index in [1.54, 1.807) is 0 Å². The van der Waals surface area contributed by atoms with Gasteiger partial charge in [0.25, 0.3) is 0 Å². The second kappa shape index (κ2) is 6.69. The van der Waals surface area contributed by atoms with Crippen LogP contribution in [0, 0.1) is 12.8 Å². The van der Waals surface area contributed by atoms with E-state index in [4.69, 9.17) is 4.99 Å². The number of hydrogen-bond donors (Lipinski definition) is 3. The van der Waals surface area contributed by atoms with E-state index in [2.05, 4.69) is 39.6 Å². The third-order valence-corrected chi connectivity index (χ3v) is 4.71. The lowest BCUT2D eigenvalue weighted by atomic mass is 10.1. The Labute approximate surface area is 132 Å².